The van der Waals surface area contributed by atoms with Crippen molar-refractivity contribution >= 4 is 0 Å². The molecule has 0 saturated carbocycles. The molecule has 0 aromatic heterocycles. The number of hydrogen-bond acceptors (Lipinski definition) is 1. The smallest absolute Gasteiger partial charge is 0.100 e. The van der Waals surface area contributed by atoms with Crippen LogP contribution in [0, 0.1) is 5.92 Å². The summed E-state index contributed by atoms with van der Waals surface area (Å²) in [6.45, 7) is 5.19. The predicted octanol–water partition coefficient (Wildman–Crippen LogP) is 3.20. The molecule has 1 heterocycles. The molecule has 1 atom stereocenters. The Kier molecular flexibility index (Phi) is 2.26. The second-order valence-corrected chi connectivity index (χ2v) is 3.82. The Hall–Kier alpha value is -0.980. The zero-order chi connectivity index (χ0) is 9.26. The van der Waals surface area contributed by atoms with Crippen LogP contribution in [-0.4, -0.2) is 6.61 Å². The van der Waals surface area contributed by atoms with E-state index in [4.69, 9.17) is 4.74 Å². The van der Waals surface area contributed by atoms with Crippen molar-refractivity contribution in [2.75, 3.05) is 6.61 Å². The highest BCUT2D eigenvalue weighted by atomic mass is 16.5. The first-order valence-corrected chi connectivity index (χ1v) is 4.98. The van der Waals surface area contributed by atoms with Crippen molar-refractivity contribution in [1.82, 2.24) is 0 Å². The van der Waals surface area contributed by atoms with Gasteiger partial charge in [0.05, 0.1) is 6.61 Å². The molecule has 1 aliphatic heterocycles. The Balaban J connectivity index is 2.27. The molecule has 2 rings (SSSR count). The van der Waals surface area contributed by atoms with Gasteiger partial charge in [-0.15, -0.1) is 0 Å². The Bertz CT molecular complexity index is 294. The van der Waals surface area contributed by atoms with Crippen molar-refractivity contribution in [3.05, 3.63) is 35.1 Å². The summed E-state index contributed by atoms with van der Waals surface area (Å²) < 4.78 is 5.57. The van der Waals surface area contributed by atoms with Crippen LogP contribution >= 0.6 is 0 Å². The average Bonchev–Trinajstić information content (AvgIpc) is 2.52. The Labute approximate surface area is 79.8 Å². The van der Waals surface area contributed by atoms with Gasteiger partial charge in [0, 0.05) is 5.92 Å². The van der Waals surface area contributed by atoms with Gasteiger partial charge in [0.15, 0.2) is 0 Å². The van der Waals surface area contributed by atoms with Gasteiger partial charge in [-0.05, 0) is 38.3 Å². The number of allylic oxidation sites excluding steroid dienone is 6. The first kappa shape index (κ1) is 8.61. The van der Waals surface area contributed by atoms with E-state index in [0.717, 1.165) is 6.61 Å². The summed E-state index contributed by atoms with van der Waals surface area (Å²) in [5.41, 5.74) is 2.84. The van der Waals surface area contributed by atoms with Crippen LogP contribution in [0.4, 0.5) is 0 Å². The fourth-order valence-corrected chi connectivity index (χ4v) is 2.08. The van der Waals surface area contributed by atoms with Crippen molar-refractivity contribution in [3.8, 4) is 0 Å². The number of rotatable bonds is 1. The van der Waals surface area contributed by atoms with E-state index >= 15 is 0 Å². The van der Waals surface area contributed by atoms with Gasteiger partial charge in [0.1, 0.15) is 5.76 Å². The van der Waals surface area contributed by atoms with Gasteiger partial charge in [0.25, 0.3) is 0 Å². The molecule has 2 aliphatic rings. The second kappa shape index (κ2) is 3.41. The van der Waals surface area contributed by atoms with Crippen molar-refractivity contribution in [2.45, 2.75) is 26.7 Å². The van der Waals surface area contributed by atoms with Gasteiger partial charge in [0.2, 0.25) is 0 Å². The molecule has 1 heteroatoms. The third-order valence-electron chi connectivity index (χ3n) is 2.83. The van der Waals surface area contributed by atoms with E-state index in [9.17, 15) is 0 Å². The van der Waals surface area contributed by atoms with Crippen molar-refractivity contribution in [3.63, 3.8) is 0 Å². The molecular formula is C12H16O. The zero-order valence-electron chi connectivity index (χ0n) is 8.34. The SMILES string of the molecule is C/C=C\C1=C(C)CC2CCOC2=C1. The molecule has 0 radical (unpaired) electrons. The molecular weight excluding hydrogens is 160 g/mol. The van der Waals surface area contributed by atoms with Gasteiger partial charge in [-0.3, -0.25) is 0 Å². The minimum absolute atomic E-state index is 0.675. The van der Waals surface area contributed by atoms with Gasteiger partial charge >= 0.3 is 0 Å². The maximum atomic E-state index is 5.57. The van der Waals surface area contributed by atoms with Gasteiger partial charge in [-0.2, -0.15) is 0 Å². The minimum atomic E-state index is 0.675. The summed E-state index contributed by atoms with van der Waals surface area (Å²) in [6.07, 6.45) is 8.85. The molecule has 0 aromatic carbocycles. The van der Waals surface area contributed by atoms with Crippen LogP contribution in [0.25, 0.3) is 0 Å². The van der Waals surface area contributed by atoms with Crippen LogP contribution < -0.4 is 0 Å². The fourth-order valence-electron chi connectivity index (χ4n) is 2.08. The third-order valence-corrected chi connectivity index (χ3v) is 2.83. The summed E-state index contributed by atoms with van der Waals surface area (Å²) >= 11 is 0. The van der Waals surface area contributed by atoms with Crippen LogP contribution in [0.15, 0.2) is 35.1 Å². The summed E-state index contributed by atoms with van der Waals surface area (Å²) in [7, 11) is 0. The highest BCUT2D eigenvalue weighted by Crippen LogP contribution is 2.36. The quantitative estimate of drug-likeness (QED) is 0.596. The van der Waals surface area contributed by atoms with E-state index in [-0.39, 0.29) is 0 Å². The van der Waals surface area contributed by atoms with E-state index in [1.807, 2.05) is 0 Å². The molecule has 1 saturated heterocycles. The van der Waals surface area contributed by atoms with Gasteiger partial charge in [-0.1, -0.05) is 17.7 Å². The average molecular weight is 176 g/mol. The van der Waals surface area contributed by atoms with Crippen LogP contribution in [0.5, 0.6) is 0 Å². The standard InChI is InChI=1S/C12H16O/c1-3-4-10-8-12-11(5-6-13-12)7-9(10)2/h3-4,8,11H,5-7H2,1-2H3/b4-3-. The fraction of sp³-hybridized carbons (Fsp3) is 0.500. The molecule has 1 aliphatic carbocycles. The van der Waals surface area contributed by atoms with Crippen molar-refractivity contribution in [2.24, 2.45) is 5.92 Å². The van der Waals surface area contributed by atoms with E-state index < -0.39 is 0 Å². The molecule has 0 bridgehead atoms. The molecule has 0 spiro atoms. The molecule has 0 amide bonds. The summed E-state index contributed by atoms with van der Waals surface area (Å²) in [6, 6.07) is 0. The van der Waals surface area contributed by atoms with E-state index in [0.29, 0.717) is 5.92 Å². The highest BCUT2D eigenvalue weighted by molar-refractivity contribution is 5.40. The first-order valence-electron chi connectivity index (χ1n) is 4.98. The van der Waals surface area contributed by atoms with E-state index in [2.05, 4.69) is 32.1 Å². The topological polar surface area (TPSA) is 9.23 Å². The maximum absolute atomic E-state index is 5.57. The number of ether oxygens (including phenoxy) is 1. The Morgan fingerprint density at radius 2 is 2.38 bits per heavy atom. The summed E-state index contributed by atoms with van der Waals surface area (Å²) in [5.74, 6) is 1.88. The lowest BCUT2D eigenvalue weighted by molar-refractivity contribution is 0.257. The van der Waals surface area contributed by atoms with Crippen LogP contribution in [0.2, 0.25) is 0 Å². The second-order valence-electron chi connectivity index (χ2n) is 3.82. The normalized spacial score (nSPS) is 27.5. The lowest BCUT2D eigenvalue weighted by Crippen LogP contribution is -2.04. The molecule has 70 valence electrons. The Morgan fingerprint density at radius 1 is 1.54 bits per heavy atom. The lowest BCUT2D eigenvalue weighted by atomic mass is 9.88. The maximum Gasteiger partial charge on any atom is 0.100 e. The minimum Gasteiger partial charge on any atom is -0.498 e. The molecule has 13 heavy (non-hydrogen) atoms. The summed E-state index contributed by atoms with van der Waals surface area (Å²) in [5, 5.41) is 0. The van der Waals surface area contributed by atoms with Crippen LogP contribution in [0.1, 0.15) is 26.7 Å². The van der Waals surface area contributed by atoms with Crippen LogP contribution in [0.3, 0.4) is 0 Å². The van der Waals surface area contributed by atoms with Crippen molar-refractivity contribution < 1.29 is 4.74 Å². The molecule has 1 unspecified atom stereocenters. The lowest BCUT2D eigenvalue weighted by Gasteiger charge is -2.18. The number of fused-ring (bicyclic) bond motifs is 1. The van der Waals surface area contributed by atoms with E-state index in [1.165, 1.54) is 29.7 Å². The first-order chi connectivity index (χ1) is 6.31. The van der Waals surface area contributed by atoms with Crippen LogP contribution in [-0.2, 0) is 4.74 Å². The van der Waals surface area contributed by atoms with Gasteiger partial charge < -0.3 is 4.74 Å². The zero-order valence-corrected chi connectivity index (χ0v) is 8.34. The molecule has 1 nitrogen and oxygen atoms in total. The van der Waals surface area contributed by atoms with E-state index in [1.54, 1.807) is 0 Å². The van der Waals surface area contributed by atoms with Crippen molar-refractivity contribution in [1.29, 1.82) is 0 Å². The predicted molar refractivity (Wildman–Crippen MR) is 54.3 cm³/mol. The Morgan fingerprint density at radius 3 is 3.15 bits per heavy atom. The number of hydrogen-bond donors (Lipinski definition) is 0. The molecule has 0 N–H and O–H groups in total. The monoisotopic (exact) mass is 176 g/mol. The molecule has 0 aromatic rings. The van der Waals surface area contributed by atoms with Gasteiger partial charge in [-0.25, -0.2) is 0 Å². The third kappa shape index (κ3) is 1.55. The summed E-state index contributed by atoms with van der Waals surface area (Å²) in [4.78, 5) is 0. The highest BCUT2D eigenvalue weighted by Gasteiger charge is 2.26. The largest absolute Gasteiger partial charge is 0.498 e. The molecule has 1 fully saturated rings.